The number of aromatic amines is 1. The number of nitrogens with one attached hydrogen (secondary N) is 2. The second-order valence-electron chi connectivity index (χ2n) is 5.77. The summed E-state index contributed by atoms with van der Waals surface area (Å²) in [6.45, 7) is 0.0229. The summed E-state index contributed by atoms with van der Waals surface area (Å²) in [5.74, 6) is 0.0754. The molecule has 0 saturated carbocycles. The van der Waals surface area contributed by atoms with E-state index in [2.05, 4.69) is 15.5 Å². The maximum Gasteiger partial charge on any atom is 0.416 e. The van der Waals surface area contributed by atoms with E-state index in [9.17, 15) is 18.0 Å². The fourth-order valence-electron chi connectivity index (χ4n) is 2.56. The van der Waals surface area contributed by atoms with E-state index in [0.717, 1.165) is 17.7 Å². The molecule has 0 aliphatic carbocycles. The van der Waals surface area contributed by atoms with Crippen molar-refractivity contribution in [2.75, 3.05) is 0 Å². The zero-order chi connectivity index (χ0) is 19.4. The van der Waals surface area contributed by atoms with Crippen LogP contribution < -0.4 is 5.32 Å². The van der Waals surface area contributed by atoms with Crippen molar-refractivity contribution in [3.05, 3.63) is 76.3 Å². The molecule has 1 heterocycles. The molecule has 140 valence electrons. The van der Waals surface area contributed by atoms with Gasteiger partial charge in [-0.1, -0.05) is 36.4 Å². The van der Waals surface area contributed by atoms with Gasteiger partial charge in [-0.15, -0.1) is 0 Å². The van der Waals surface area contributed by atoms with Crippen LogP contribution in [0.1, 0.15) is 17.0 Å². The standard InChI is InChI=1S/C18H15F3N4OS/c19-18(20,21)13-7-4-8-14(10-13)25-15(23-24-17(25)27)11-22-16(26)9-12-5-2-1-3-6-12/h1-8,10H,9,11H2,(H,22,26)(H,24,27). The predicted molar refractivity (Wildman–Crippen MR) is 95.7 cm³/mol. The fourth-order valence-corrected chi connectivity index (χ4v) is 2.81. The number of amides is 1. The van der Waals surface area contributed by atoms with Crippen molar-refractivity contribution in [3.63, 3.8) is 0 Å². The Morgan fingerprint density at radius 1 is 1.15 bits per heavy atom. The van der Waals surface area contributed by atoms with E-state index >= 15 is 0 Å². The number of carbonyl (C=O) groups excluding carboxylic acids is 1. The number of aromatic nitrogens is 3. The Morgan fingerprint density at radius 2 is 1.89 bits per heavy atom. The number of H-pyrrole nitrogens is 1. The Labute approximate surface area is 157 Å². The van der Waals surface area contributed by atoms with E-state index in [0.29, 0.717) is 5.82 Å². The first kappa shape index (κ1) is 18.8. The lowest BCUT2D eigenvalue weighted by atomic mass is 10.1. The van der Waals surface area contributed by atoms with Gasteiger partial charge in [0.2, 0.25) is 5.91 Å². The van der Waals surface area contributed by atoms with Crippen LogP contribution in [0.15, 0.2) is 54.6 Å². The number of hydrogen-bond donors (Lipinski definition) is 2. The quantitative estimate of drug-likeness (QED) is 0.649. The Hall–Kier alpha value is -2.94. The van der Waals surface area contributed by atoms with Crippen LogP contribution in [-0.4, -0.2) is 20.7 Å². The number of nitrogens with zero attached hydrogens (tertiary/aromatic N) is 2. The zero-order valence-electron chi connectivity index (χ0n) is 14.0. The van der Waals surface area contributed by atoms with Crippen molar-refractivity contribution in [1.29, 1.82) is 0 Å². The van der Waals surface area contributed by atoms with Crippen molar-refractivity contribution in [2.45, 2.75) is 19.1 Å². The summed E-state index contributed by atoms with van der Waals surface area (Å²) in [4.78, 5) is 12.1. The smallest absolute Gasteiger partial charge is 0.348 e. The molecule has 0 aliphatic rings. The molecule has 5 nitrogen and oxygen atoms in total. The van der Waals surface area contributed by atoms with Crippen LogP contribution in [0.2, 0.25) is 0 Å². The van der Waals surface area contributed by atoms with Gasteiger partial charge >= 0.3 is 6.18 Å². The summed E-state index contributed by atoms with van der Waals surface area (Å²) >= 11 is 5.13. The molecule has 27 heavy (non-hydrogen) atoms. The maximum atomic E-state index is 13.0. The number of hydrogen-bond acceptors (Lipinski definition) is 3. The summed E-state index contributed by atoms with van der Waals surface area (Å²) in [6, 6.07) is 13.9. The highest BCUT2D eigenvalue weighted by atomic mass is 32.1. The van der Waals surface area contributed by atoms with Crippen LogP contribution >= 0.6 is 12.2 Å². The molecule has 2 N–H and O–H groups in total. The Morgan fingerprint density at radius 3 is 2.59 bits per heavy atom. The largest absolute Gasteiger partial charge is 0.416 e. The van der Waals surface area contributed by atoms with Crippen LogP contribution in [0.3, 0.4) is 0 Å². The molecule has 0 fully saturated rings. The number of rotatable bonds is 5. The molecule has 0 saturated heterocycles. The summed E-state index contributed by atoms with van der Waals surface area (Å²) in [5, 5.41) is 9.27. The third-order valence-electron chi connectivity index (χ3n) is 3.82. The van der Waals surface area contributed by atoms with Gasteiger partial charge in [0.25, 0.3) is 0 Å². The van der Waals surface area contributed by atoms with Crippen molar-refractivity contribution >= 4 is 18.1 Å². The van der Waals surface area contributed by atoms with E-state index in [1.165, 1.54) is 16.7 Å². The number of benzene rings is 2. The van der Waals surface area contributed by atoms with Gasteiger partial charge in [-0.3, -0.25) is 14.5 Å². The number of alkyl halides is 3. The molecule has 1 aromatic heterocycles. The Kier molecular flexibility index (Phi) is 5.41. The van der Waals surface area contributed by atoms with E-state index in [-0.39, 0.29) is 29.3 Å². The third-order valence-corrected chi connectivity index (χ3v) is 4.10. The third kappa shape index (κ3) is 4.62. The second-order valence-corrected chi connectivity index (χ2v) is 6.15. The second kappa shape index (κ2) is 7.75. The lowest BCUT2D eigenvalue weighted by Gasteiger charge is -2.11. The van der Waals surface area contributed by atoms with E-state index in [4.69, 9.17) is 12.2 Å². The summed E-state index contributed by atoms with van der Waals surface area (Å²) < 4.78 is 40.4. The van der Waals surface area contributed by atoms with Gasteiger partial charge in [0.1, 0.15) is 0 Å². The minimum atomic E-state index is -4.47. The molecular weight excluding hydrogens is 377 g/mol. The molecular formula is C18H15F3N4OS. The minimum Gasteiger partial charge on any atom is -0.348 e. The number of carbonyl (C=O) groups is 1. The van der Waals surface area contributed by atoms with Crippen molar-refractivity contribution in [1.82, 2.24) is 20.1 Å². The van der Waals surface area contributed by atoms with E-state index in [1.54, 1.807) is 0 Å². The topological polar surface area (TPSA) is 62.7 Å². The zero-order valence-corrected chi connectivity index (χ0v) is 14.8. The molecule has 3 aromatic rings. The van der Waals surface area contributed by atoms with Crippen LogP contribution in [0.5, 0.6) is 0 Å². The average molecular weight is 392 g/mol. The monoisotopic (exact) mass is 392 g/mol. The average Bonchev–Trinajstić information content (AvgIpc) is 3.01. The molecule has 9 heteroatoms. The first-order valence-corrected chi connectivity index (χ1v) is 8.40. The van der Waals surface area contributed by atoms with E-state index in [1.807, 2.05) is 30.3 Å². The predicted octanol–water partition coefficient (Wildman–Crippen LogP) is 3.81. The molecule has 0 atom stereocenters. The molecule has 0 unspecified atom stereocenters. The van der Waals surface area contributed by atoms with Gasteiger partial charge in [0.05, 0.1) is 24.2 Å². The molecule has 3 rings (SSSR count). The van der Waals surface area contributed by atoms with Crippen LogP contribution in [0.4, 0.5) is 13.2 Å². The van der Waals surface area contributed by atoms with Crippen molar-refractivity contribution < 1.29 is 18.0 Å². The summed E-state index contributed by atoms with van der Waals surface area (Å²) in [5.41, 5.74) is 0.282. The SMILES string of the molecule is O=C(Cc1ccccc1)NCc1n[nH]c(=S)n1-c1cccc(C(F)(F)F)c1. The van der Waals surface area contributed by atoms with Crippen LogP contribution in [-0.2, 0) is 23.9 Å². The Balaban J connectivity index is 1.77. The molecule has 1 amide bonds. The maximum absolute atomic E-state index is 13.0. The van der Waals surface area contributed by atoms with Gasteiger partial charge in [-0.25, -0.2) is 0 Å². The Bertz CT molecular complexity index is 996. The molecule has 0 spiro atoms. The van der Waals surface area contributed by atoms with Crippen molar-refractivity contribution in [3.8, 4) is 5.69 Å². The lowest BCUT2D eigenvalue weighted by molar-refractivity contribution is -0.137. The first-order chi connectivity index (χ1) is 12.8. The van der Waals surface area contributed by atoms with Gasteiger partial charge in [-0.05, 0) is 36.0 Å². The lowest BCUT2D eigenvalue weighted by Crippen LogP contribution is -2.26. The summed E-state index contributed by atoms with van der Waals surface area (Å²) in [6.07, 6.45) is -4.28. The highest BCUT2D eigenvalue weighted by Crippen LogP contribution is 2.30. The van der Waals surface area contributed by atoms with Crippen LogP contribution in [0.25, 0.3) is 5.69 Å². The molecule has 2 aromatic carbocycles. The van der Waals surface area contributed by atoms with Gasteiger partial charge in [-0.2, -0.15) is 18.3 Å². The first-order valence-electron chi connectivity index (χ1n) is 7.99. The molecule has 0 bridgehead atoms. The highest BCUT2D eigenvalue weighted by Gasteiger charge is 2.30. The fraction of sp³-hybridized carbons (Fsp3) is 0.167. The van der Waals surface area contributed by atoms with Crippen molar-refractivity contribution in [2.24, 2.45) is 0 Å². The van der Waals surface area contributed by atoms with E-state index < -0.39 is 11.7 Å². The van der Waals surface area contributed by atoms with Gasteiger partial charge in [0, 0.05) is 0 Å². The van der Waals surface area contributed by atoms with Gasteiger partial charge in [0.15, 0.2) is 10.6 Å². The summed E-state index contributed by atoms with van der Waals surface area (Å²) in [7, 11) is 0. The van der Waals surface area contributed by atoms with Crippen LogP contribution in [0, 0.1) is 4.77 Å². The van der Waals surface area contributed by atoms with Gasteiger partial charge < -0.3 is 5.32 Å². The molecule has 0 aliphatic heterocycles. The number of halogens is 3. The highest BCUT2D eigenvalue weighted by molar-refractivity contribution is 7.71. The minimum absolute atomic E-state index is 0.0229. The normalized spacial score (nSPS) is 11.4. The molecule has 0 radical (unpaired) electrons.